The van der Waals surface area contributed by atoms with Crippen LogP contribution in [0.5, 0.6) is 0 Å². The van der Waals surface area contributed by atoms with Gasteiger partial charge in [0.1, 0.15) is 16.2 Å². The van der Waals surface area contributed by atoms with Gasteiger partial charge in [0, 0.05) is 29.9 Å². The summed E-state index contributed by atoms with van der Waals surface area (Å²) < 4.78 is 25.3. The van der Waals surface area contributed by atoms with Gasteiger partial charge in [-0.15, -0.1) is 11.3 Å². The number of fused-ring (bicyclic) bond motifs is 1. The van der Waals surface area contributed by atoms with E-state index in [-0.39, 0.29) is 16.2 Å². The highest BCUT2D eigenvalue weighted by atomic mass is 32.2. The molecule has 1 aromatic carbocycles. The first-order chi connectivity index (χ1) is 14.1. The van der Waals surface area contributed by atoms with E-state index in [2.05, 4.69) is 15.3 Å². The lowest BCUT2D eigenvalue weighted by Crippen LogP contribution is -2.32. The number of thiophene rings is 1. The highest BCUT2D eigenvalue weighted by Crippen LogP contribution is 2.34. The third-order valence-corrected chi connectivity index (χ3v) is 8.35. The van der Waals surface area contributed by atoms with Gasteiger partial charge >= 0.3 is 0 Å². The molecule has 30 heavy (non-hydrogen) atoms. The maximum absolute atomic E-state index is 12.3. The number of benzene rings is 1. The van der Waals surface area contributed by atoms with Gasteiger partial charge in [-0.25, -0.2) is 22.7 Å². The van der Waals surface area contributed by atoms with Crippen molar-refractivity contribution in [3.8, 4) is 0 Å². The first-order valence-corrected chi connectivity index (χ1v) is 12.1. The Hall–Kier alpha value is -2.34. The SMILES string of the molecule is Cc1sc2ncnc(SCC(=O)NC(=O)c3ccc(S(=O)(=O)N(C)C)cc3)c2c1C. The minimum Gasteiger partial charge on any atom is -0.292 e. The van der Waals surface area contributed by atoms with Crippen LogP contribution in [0, 0.1) is 13.8 Å². The standard InChI is InChI=1S/C19H20N4O4S3/c1-11-12(2)29-19-16(11)18(20-10-21-19)28-9-15(24)22-17(25)13-5-7-14(8-6-13)30(26,27)23(3)4/h5-8,10H,9H2,1-4H3,(H,22,24,25). The van der Waals surface area contributed by atoms with E-state index in [1.165, 1.54) is 56.5 Å². The molecule has 0 saturated heterocycles. The van der Waals surface area contributed by atoms with Crippen LogP contribution < -0.4 is 5.32 Å². The lowest BCUT2D eigenvalue weighted by atomic mass is 10.2. The second kappa shape index (κ2) is 8.80. The fourth-order valence-corrected chi connectivity index (χ4v) is 5.44. The Morgan fingerprint density at radius 3 is 2.43 bits per heavy atom. The Kier molecular flexibility index (Phi) is 6.56. The van der Waals surface area contributed by atoms with Gasteiger partial charge in [-0.3, -0.25) is 14.9 Å². The number of nitrogens with zero attached hydrogens (tertiary/aromatic N) is 3. The molecule has 0 aliphatic carbocycles. The highest BCUT2D eigenvalue weighted by molar-refractivity contribution is 8.00. The molecule has 0 aliphatic rings. The molecule has 0 atom stereocenters. The Morgan fingerprint density at radius 1 is 1.13 bits per heavy atom. The van der Waals surface area contributed by atoms with E-state index in [4.69, 9.17) is 0 Å². The number of thioether (sulfide) groups is 1. The predicted octanol–water partition coefficient (Wildman–Crippen LogP) is 2.61. The normalized spacial score (nSPS) is 11.8. The third-order valence-electron chi connectivity index (χ3n) is 4.42. The number of amides is 2. The second-order valence-corrected chi connectivity index (χ2v) is 10.9. The Bertz CT molecular complexity index is 1220. The summed E-state index contributed by atoms with van der Waals surface area (Å²) in [5.41, 5.74) is 1.28. The van der Waals surface area contributed by atoms with Gasteiger partial charge in [0.05, 0.1) is 10.6 Å². The molecule has 11 heteroatoms. The molecule has 1 N–H and O–H groups in total. The van der Waals surface area contributed by atoms with Crippen molar-refractivity contribution in [3.05, 3.63) is 46.6 Å². The first-order valence-electron chi connectivity index (χ1n) is 8.81. The van der Waals surface area contributed by atoms with Crippen molar-refractivity contribution in [2.45, 2.75) is 23.8 Å². The predicted molar refractivity (Wildman–Crippen MR) is 117 cm³/mol. The number of carbonyl (C=O) groups is 2. The van der Waals surface area contributed by atoms with Gasteiger partial charge in [-0.2, -0.15) is 0 Å². The maximum Gasteiger partial charge on any atom is 0.257 e. The lowest BCUT2D eigenvalue weighted by Gasteiger charge is -2.11. The summed E-state index contributed by atoms with van der Waals surface area (Å²) in [6.45, 7) is 4.00. The quantitative estimate of drug-likeness (QED) is 0.441. The number of imide groups is 1. The van der Waals surface area contributed by atoms with Gasteiger partial charge in [0.15, 0.2) is 0 Å². The molecule has 0 radical (unpaired) electrons. The van der Waals surface area contributed by atoms with E-state index in [1.807, 2.05) is 13.8 Å². The van der Waals surface area contributed by atoms with Crippen LogP contribution in [0.25, 0.3) is 10.2 Å². The van der Waals surface area contributed by atoms with Crippen LogP contribution >= 0.6 is 23.1 Å². The van der Waals surface area contributed by atoms with Crippen LogP contribution in [0.3, 0.4) is 0 Å². The number of carbonyl (C=O) groups excluding carboxylic acids is 2. The zero-order valence-electron chi connectivity index (χ0n) is 16.8. The fourth-order valence-electron chi connectivity index (χ4n) is 2.62. The highest BCUT2D eigenvalue weighted by Gasteiger charge is 2.19. The molecule has 0 spiro atoms. The Balaban J connectivity index is 1.65. The second-order valence-electron chi connectivity index (χ2n) is 6.62. The number of nitrogens with one attached hydrogen (secondary N) is 1. The average molecular weight is 465 g/mol. The van der Waals surface area contributed by atoms with Gasteiger partial charge in [0.25, 0.3) is 5.91 Å². The molecule has 2 heterocycles. The smallest absolute Gasteiger partial charge is 0.257 e. The number of sulfonamides is 1. The van der Waals surface area contributed by atoms with E-state index < -0.39 is 21.8 Å². The summed E-state index contributed by atoms with van der Waals surface area (Å²) in [4.78, 5) is 35.2. The molecule has 2 aromatic heterocycles. The van der Waals surface area contributed by atoms with E-state index in [9.17, 15) is 18.0 Å². The van der Waals surface area contributed by atoms with Crippen molar-refractivity contribution in [2.75, 3.05) is 19.8 Å². The van der Waals surface area contributed by atoms with Crippen LogP contribution in [-0.2, 0) is 14.8 Å². The van der Waals surface area contributed by atoms with E-state index >= 15 is 0 Å². The maximum atomic E-state index is 12.3. The molecule has 0 fully saturated rings. The van der Waals surface area contributed by atoms with Crippen LogP contribution in [0.15, 0.2) is 40.5 Å². The number of rotatable bonds is 6. The summed E-state index contributed by atoms with van der Waals surface area (Å²) in [5.74, 6) is -1.05. The molecule has 3 rings (SSSR count). The number of aromatic nitrogens is 2. The summed E-state index contributed by atoms with van der Waals surface area (Å²) >= 11 is 2.81. The monoisotopic (exact) mass is 464 g/mol. The zero-order chi connectivity index (χ0) is 22.1. The molecule has 0 bridgehead atoms. The summed E-state index contributed by atoms with van der Waals surface area (Å²) in [5, 5.41) is 3.95. The van der Waals surface area contributed by atoms with Crippen molar-refractivity contribution < 1.29 is 18.0 Å². The largest absolute Gasteiger partial charge is 0.292 e. The van der Waals surface area contributed by atoms with Gasteiger partial charge in [-0.05, 0) is 43.7 Å². The van der Waals surface area contributed by atoms with Crippen molar-refractivity contribution in [1.82, 2.24) is 19.6 Å². The molecular formula is C19H20N4O4S3. The number of hydrogen-bond donors (Lipinski definition) is 1. The Morgan fingerprint density at radius 2 is 1.80 bits per heavy atom. The van der Waals surface area contributed by atoms with Gasteiger partial charge in [0.2, 0.25) is 15.9 Å². The van der Waals surface area contributed by atoms with Crippen LogP contribution in [-0.4, -0.2) is 54.4 Å². The van der Waals surface area contributed by atoms with Gasteiger partial charge in [-0.1, -0.05) is 11.8 Å². The first kappa shape index (κ1) is 22.3. The molecule has 3 aromatic rings. The zero-order valence-corrected chi connectivity index (χ0v) is 19.2. The van der Waals surface area contributed by atoms with Crippen LogP contribution in [0.4, 0.5) is 0 Å². The average Bonchev–Trinajstić information content (AvgIpc) is 3.00. The van der Waals surface area contributed by atoms with Crippen LogP contribution in [0.2, 0.25) is 0 Å². The summed E-state index contributed by atoms with van der Waals surface area (Å²) in [6, 6.07) is 5.42. The minimum absolute atomic E-state index is 0.0132. The summed E-state index contributed by atoms with van der Waals surface area (Å²) in [7, 11) is -0.727. The van der Waals surface area contributed by atoms with E-state index in [0.717, 1.165) is 25.0 Å². The molecule has 2 amide bonds. The van der Waals surface area contributed by atoms with Gasteiger partial charge < -0.3 is 0 Å². The van der Waals surface area contributed by atoms with E-state index in [1.54, 1.807) is 11.3 Å². The molecule has 0 saturated carbocycles. The van der Waals surface area contributed by atoms with Crippen molar-refractivity contribution >= 4 is 55.2 Å². The topological polar surface area (TPSA) is 109 Å². The van der Waals surface area contributed by atoms with E-state index in [0.29, 0.717) is 5.03 Å². The molecule has 0 aliphatic heterocycles. The third kappa shape index (κ3) is 4.53. The Labute approximate surface area is 182 Å². The molecule has 8 nitrogen and oxygen atoms in total. The molecule has 0 unspecified atom stereocenters. The van der Waals surface area contributed by atoms with Crippen molar-refractivity contribution in [3.63, 3.8) is 0 Å². The number of hydrogen-bond acceptors (Lipinski definition) is 8. The van der Waals surface area contributed by atoms with Crippen LogP contribution in [0.1, 0.15) is 20.8 Å². The fraction of sp³-hybridized carbons (Fsp3) is 0.263. The molecular weight excluding hydrogens is 444 g/mol. The van der Waals surface area contributed by atoms with Crippen molar-refractivity contribution in [2.24, 2.45) is 0 Å². The lowest BCUT2D eigenvalue weighted by molar-refractivity contribution is -0.117. The summed E-state index contributed by atoms with van der Waals surface area (Å²) in [6.07, 6.45) is 1.46. The van der Waals surface area contributed by atoms with Crippen molar-refractivity contribution in [1.29, 1.82) is 0 Å². The minimum atomic E-state index is -3.58. The number of aryl methyl sites for hydroxylation is 2. The molecule has 158 valence electrons.